The number of hydrogen-bond donors (Lipinski definition) is 0. The summed E-state index contributed by atoms with van der Waals surface area (Å²) in [6.07, 6.45) is 0.176. The smallest absolute Gasteiger partial charge is 0.252 e. The van der Waals surface area contributed by atoms with Gasteiger partial charge in [-0.3, -0.25) is 4.79 Å². The van der Waals surface area contributed by atoms with Gasteiger partial charge in [-0.05, 0) is 54.8 Å². The van der Waals surface area contributed by atoms with Gasteiger partial charge < -0.3 is 4.90 Å². The lowest BCUT2D eigenvalue weighted by atomic mass is 10.1. The zero-order valence-electron chi connectivity index (χ0n) is 16.1. The zero-order chi connectivity index (χ0) is 20.8. The van der Waals surface area contributed by atoms with E-state index >= 15 is 0 Å². The van der Waals surface area contributed by atoms with Gasteiger partial charge >= 0.3 is 0 Å². The molecule has 0 N–H and O–H groups in total. The van der Waals surface area contributed by atoms with Crippen LogP contribution in [0.2, 0.25) is 5.02 Å². The fourth-order valence-electron chi connectivity index (χ4n) is 3.66. The number of hydrogen-bond acceptors (Lipinski definition) is 4. The van der Waals surface area contributed by atoms with Crippen LogP contribution in [0.1, 0.15) is 16.7 Å². The summed E-state index contributed by atoms with van der Waals surface area (Å²) in [5.74, 6) is -0.0535. The van der Waals surface area contributed by atoms with Crippen LogP contribution in [0.25, 0.3) is 0 Å². The lowest BCUT2D eigenvalue weighted by Gasteiger charge is -2.25. The van der Waals surface area contributed by atoms with Crippen molar-refractivity contribution in [3.05, 3.63) is 64.2 Å². The summed E-state index contributed by atoms with van der Waals surface area (Å²) in [4.78, 5) is 18.9. The molecule has 2 aromatic carbocycles. The minimum absolute atomic E-state index is 0.0853. The summed E-state index contributed by atoms with van der Waals surface area (Å²) >= 11 is 7.30. The molecule has 4 rings (SSSR count). The number of rotatable bonds is 3. The van der Waals surface area contributed by atoms with E-state index in [1.807, 2.05) is 49.1 Å². The van der Waals surface area contributed by atoms with Gasteiger partial charge in [0.05, 0.1) is 24.0 Å². The second-order valence-electron chi connectivity index (χ2n) is 7.53. The molecule has 1 amide bonds. The van der Waals surface area contributed by atoms with Crippen molar-refractivity contribution in [3.8, 4) is 0 Å². The van der Waals surface area contributed by atoms with Gasteiger partial charge in [-0.1, -0.05) is 41.6 Å². The average Bonchev–Trinajstić information content (AvgIpc) is 3.10. The van der Waals surface area contributed by atoms with E-state index in [4.69, 9.17) is 11.6 Å². The zero-order valence-corrected chi connectivity index (χ0v) is 18.5. The Morgan fingerprint density at radius 1 is 1.14 bits per heavy atom. The predicted molar refractivity (Wildman–Crippen MR) is 120 cm³/mol. The Kier molecular flexibility index (Phi) is 5.48. The number of amidine groups is 1. The van der Waals surface area contributed by atoms with Crippen LogP contribution in [-0.4, -0.2) is 42.3 Å². The van der Waals surface area contributed by atoms with Crippen molar-refractivity contribution in [3.63, 3.8) is 0 Å². The maximum atomic E-state index is 12.6. The van der Waals surface area contributed by atoms with Gasteiger partial charge in [-0.2, -0.15) is 4.99 Å². The van der Waals surface area contributed by atoms with Crippen LogP contribution in [0.3, 0.4) is 0 Å². The van der Waals surface area contributed by atoms with Gasteiger partial charge in [0.15, 0.2) is 15.0 Å². The van der Waals surface area contributed by atoms with Gasteiger partial charge in [-0.15, -0.1) is 0 Å². The first-order chi connectivity index (χ1) is 13.7. The standard InChI is InChI=1S/C21H21ClN2O3S2/c1-13-3-8-17(9-14(13)2)24-18-11-29(26,27)12-19(18)28-21(24)23-20(25)10-15-4-6-16(22)7-5-15/h3-9,18-19H,10-12H2,1-2H3/t18-,19-/m1/s1. The number of amides is 1. The average molecular weight is 449 g/mol. The fourth-order valence-corrected chi connectivity index (χ4v) is 7.72. The first kappa shape index (κ1) is 20.4. The minimum Gasteiger partial charge on any atom is -0.316 e. The van der Waals surface area contributed by atoms with Crippen LogP contribution in [0, 0.1) is 13.8 Å². The largest absolute Gasteiger partial charge is 0.316 e. The molecular formula is C21H21ClN2O3S2. The van der Waals surface area contributed by atoms with Crippen molar-refractivity contribution in [2.24, 2.45) is 4.99 Å². The Balaban J connectivity index is 1.65. The summed E-state index contributed by atoms with van der Waals surface area (Å²) in [7, 11) is -3.08. The van der Waals surface area contributed by atoms with Crippen molar-refractivity contribution in [2.45, 2.75) is 31.6 Å². The van der Waals surface area contributed by atoms with E-state index in [1.165, 1.54) is 11.8 Å². The molecule has 0 saturated carbocycles. The Hall–Kier alpha value is -1.83. The van der Waals surface area contributed by atoms with E-state index in [1.54, 1.807) is 12.1 Å². The monoisotopic (exact) mass is 448 g/mol. The van der Waals surface area contributed by atoms with Crippen LogP contribution >= 0.6 is 23.4 Å². The third-order valence-electron chi connectivity index (χ3n) is 5.32. The van der Waals surface area contributed by atoms with Crippen molar-refractivity contribution >= 4 is 50.0 Å². The molecule has 2 atom stereocenters. The number of fused-ring (bicyclic) bond motifs is 1. The molecule has 29 heavy (non-hydrogen) atoms. The minimum atomic E-state index is -3.08. The van der Waals surface area contributed by atoms with Crippen molar-refractivity contribution in [1.29, 1.82) is 0 Å². The molecule has 8 heteroatoms. The van der Waals surface area contributed by atoms with Crippen molar-refractivity contribution < 1.29 is 13.2 Å². The van der Waals surface area contributed by atoms with Gasteiger partial charge in [0, 0.05) is 16.0 Å². The van der Waals surface area contributed by atoms with Crippen LogP contribution in [0.4, 0.5) is 5.69 Å². The van der Waals surface area contributed by atoms with Gasteiger partial charge in [-0.25, -0.2) is 8.42 Å². The van der Waals surface area contributed by atoms with Crippen molar-refractivity contribution in [2.75, 3.05) is 16.4 Å². The highest BCUT2D eigenvalue weighted by Gasteiger charge is 2.49. The van der Waals surface area contributed by atoms with E-state index in [0.29, 0.717) is 10.2 Å². The fraction of sp³-hybridized carbons (Fsp3) is 0.333. The molecule has 5 nitrogen and oxygen atoms in total. The Bertz CT molecular complexity index is 1100. The van der Waals surface area contributed by atoms with Crippen LogP contribution < -0.4 is 4.90 Å². The Morgan fingerprint density at radius 2 is 1.86 bits per heavy atom. The molecule has 152 valence electrons. The maximum absolute atomic E-state index is 12.6. The van der Waals surface area contributed by atoms with E-state index in [2.05, 4.69) is 4.99 Å². The molecule has 2 fully saturated rings. The highest BCUT2D eigenvalue weighted by atomic mass is 35.5. The normalized spacial score (nSPS) is 24.1. The second-order valence-corrected chi connectivity index (χ2v) is 11.3. The summed E-state index contributed by atoms with van der Waals surface area (Å²) in [6, 6.07) is 12.9. The predicted octanol–water partition coefficient (Wildman–Crippen LogP) is 3.80. The van der Waals surface area contributed by atoms with E-state index < -0.39 is 9.84 Å². The summed E-state index contributed by atoms with van der Waals surface area (Å²) in [6.45, 7) is 4.05. The molecular weight excluding hydrogens is 428 g/mol. The third kappa shape index (κ3) is 4.37. The number of carbonyl (C=O) groups excluding carboxylic acids is 1. The number of sulfone groups is 1. The van der Waals surface area contributed by atoms with Crippen LogP contribution in [0.5, 0.6) is 0 Å². The van der Waals surface area contributed by atoms with E-state index in [-0.39, 0.29) is 35.1 Å². The highest BCUT2D eigenvalue weighted by Crippen LogP contribution is 2.41. The molecule has 0 aromatic heterocycles. The van der Waals surface area contributed by atoms with E-state index in [9.17, 15) is 13.2 Å². The summed E-state index contributed by atoms with van der Waals surface area (Å²) in [5, 5.41) is 1.09. The van der Waals surface area contributed by atoms with Gasteiger partial charge in [0.1, 0.15) is 0 Å². The molecule has 2 aliphatic rings. The molecule has 0 bridgehead atoms. The Labute approximate surface area is 180 Å². The number of benzene rings is 2. The second kappa shape index (κ2) is 7.78. The highest BCUT2D eigenvalue weighted by molar-refractivity contribution is 8.16. The topological polar surface area (TPSA) is 66.8 Å². The Morgan fingerprint density at radius 3 is 2.55 bits per heavy atom. The number of halogens is 1. The lowest BCUT2D eigenvalue weighted by Crippen LogP contribution is -2.37. The molecule has 2 aromatic rings. The van der Waals surface area contributed by atoms with Crippen molar-refractivity contribution in [1.82, 2.24) is 0 Å². The number of aryl methyl sites for hydroxylation is 2. The molecule has 0 spiro atoms. The number of anilines is 1. The SMILES string of the molecule is Cc1ccc(N2C(=NC(=O)Cc3ccc(Cl)cc3)S[C@@H]3CS(=O)(=O)C[C@H]32)cc1C. The quantitative estimate of drug-likeness (QED) is 0.714. The first-order valence-electron chi connectivity index (χ1n) is 9.31. The third-order valence-corrected chi connectivity index (χ3v) is 8.79. The molecule has 2 saturated heterocycles. The molecule has 0 unspecified atom stereocenters. The molecule has 2 aliphatic heterocycles. The molecule has 2 heterocycles. The molecule has 0 aliphatic carbocycles. The summed E-state index contributed by atoms with van der Waals surface area (Å²) in [5.41, 5.74) is 3.99. The van der Waals surface area contributed by atoms with Crippen LogP contribution in [-0.2, 0) is 21.1 Å². The van der Waals surface area contributed by atoms with Gasteiger partial charge in [0.25, 0.3) is 5.91 Å². The number of aliphatic imine (C=N–C) groups is 1. The van der Waals surface area contributed by atoms with Crippen LogP contribution in [0.15, 0.2) is 47.5 Å². The number of carbonyl (C=O) groups is 1. The number of thioether (sulfide) groups is 1. The maximum Gasteiger partial charge on any atom is 0.252 e. The summed E-state index contributed by atoms with van der Waals surface area (Å²) < 4.78 is 24.4. The number of nitrogens with zero attached hydrogens (tertiary/aromatic N) is 2. The molecule has 0 radical (unpaired) electrons. The van der Waals surface area contributed by atoms with E-state index in [0.717, 1.165) is 22.4 Å². The first-order valence-corrected chi connectivity index (χ1v) is 12.4. The lowest BCUT2D eigenvalue weighted by molar-refractivity contribution is -0.117. The van der Waals surface area contributed by atoms with Gasteiger partial charge in [0.2, 0.25) is 0 Å².